The molecule has 8 nitrogen and oxygen atoms in total. The minimum Gasteiger partial charge on any atom is -0.493 e. The van der Waals surface area contributed by atoms with E-state index in [1.807, 2.05) is 25.1 Å². The molecule has 0 spiro atoms. The van der Waals surface area contributed by atoms with Gasteiger partial charge in [-0.05, 0) is 36.2 Å². The Morgan fingerprint density at radius 1 is 0.938 bits per heavy atom. The summed E-state index contributed by atoms with van der Waals surface area (Å²) in [4.78, 5) is 13.1. The molecular formula is C24H25NO7. The number of hydrogen-bond acceptors (Lipinski definition) is 8. The van der Waals surface area contributed by atoms with E-state index in [0.29, 0.717) is 69.3 Å². The molecule has 0 radical (unpaired) electrons. The third kappa shape index (κ3) is 3.52. The highest BCUT2D eigenvalue weighted by atomic mass is 16.5. The molecule has 2 heterocycles. The molecule has 2 aromatic heterocycles. The van der Waals surface area contributed by atoms with Crippen LogP contribution in [-0.4, -0.2) is 41.6 Å². The normalized spacial score (nSPS) is 11.2. The van der Waals surface area contributed by atoms with E-state index in [4.69, 9.17) is 27.8 Å². The van der Waals surface area contributed by atoms with Gasteiger partial charge in [0.05, 0.1) is 38.9 Å². The molecular weight excluding hydrogens is 414 g/mol. The standard InChI is InChI=1S/C24H25NO7/c1-13-7-6-8-15-20(13)32-24(26)19-18(23(31-21(15)19)25-9-10-27-2)14-11-16(28-3)22(30-5)17(12-14)29-4/h6-8,11-12,25H,9-10H2,1-5H3. The number of fused-ring (bicyclic) bond motifs is 3. The molecule has 0 fully saturated rings. The van der Waals surface area contributed by atoms with Gasteiger partial charge in [0.15, 0.2) is 17.1 Å². The molecule has 0 aliphatic heterocycles. The number of para-hydroxylation sites is 1. The lowest BCUT2D eigenvalue weighted by Crippen LogP contribution is -2.08. The van der Waals surface area contributed by atoms with Crippen molar-refractivity contribution < 1.29 is 27.8 Å². The highest BCUT2D eigenvalue weighted by molar-refractivity contribution is 6.10. The first kappa shape index (κ1) is 21.6. The molecule has 1 N–H and O–H groups in total. The predicted octanol–water partition coefficient (Wildman–Crippen LogP) is 4.60. The fourth-order valence-electron chi connectivity index (χ4n) is 3.82. The summed E-state index contributed by atoms with van der Waals surface area (Å²) < 4.78 is 33.5. The van der Waals surface area contributed by atoms with Crippen LogP contribution in [0.15, 0.2) is 44.0 Å². The van der Waals surface area contributed by atoms with Gasteiger partial charge in [-0.25, -0.2) is 4.79 Å². The highest BCUT2D eigenvalue weighted by Crippen LogP contribution is 2.46. The molecule has 0 bridgehead atoms. The Kier molecular flexibility index (Phi) is 5.96. The first-order valence-electron chi connectivity index (χ1n) is 10.1. The molecule has 4 rings (SSSR count). The van der Waals surface area contributed by atoms with Crippen LogP contribution in [0.4, 0.5) is 5.88 Å². The average molecular weight is 439 g/mol. The van der Waals surface area contributed by atoms with Gasteiger partial charge in [-0.1, -0.05) is 12.1 Å². The molecule has 2 aromatic carbocycles. The molecule has 0 saturated heterocycles. The number of nitrogens with one attached hydrogen (secondary N) is 1. The maximum Gasteiger partial charge on any atom is 0.348 e. The number of rotatable bonds is 8. The number of hydrogen-bond donors (Lipinski definition) is 1. The van der Waals surface area contributed by atoms with Crippen LogP contribution in [-0.2, 0) is 4.74 Å². The highest BCUT2D eigenvalue weighted by Gasteiger charge is 2.25. The Labute approximate surface area is 184 Å². The average Bonchev–Trinajstić information content (AvgIpc) is 3.19. The summed E-state index contributed by atoms with van der Waals surface area (Å²) in [6.07, 6.45) is 0. The van der Waals surface area contributed by atoms with Crippen molar-refractivity contribution in [3.63, 3.8) is 0 Å². The molecule has 4 aromatic rings. The number of furan rings is 1. The SMILES string of the molecule is COCCNc1oc2c(c1-c1cc(OC)c(OC)c(OC)c1)c(=O)oc1c(C)cccc12. The number of methoxy groups -OCH3 is 4. The van der Waals surface area contributed by atoms with Crippen molar-refractivity contribution in [2.24, 2.45) is 0 Å². The van der Waals surface area contributed by atoms with Crippen molar-refractivity contribution in [3.05, 3.63) is 46.3 Å². The Hall–Kier alpha value is -3.65. The second kappa shape index (κ2) is 8.84. The minimum atomic E-state index is -0.492. The molecule has 0 aliphatic carbocycles. The van der Waals surface area contributed by atoms with Crippen LogP contribution >= 0.6 is 0 Å². The van der Waals surface area contributed by atoms with E-state index in [2.05, 4.69) is 5.32 Å². The first-order valence-corrected chi connectivity index (χ1v) is 10.1. The number of aryl methyl sites for hydroxylation is 1. The van der Waals surface area contributed by atoms with E-state index in [1.165, 1.54) is 21.3 Å². The van der Waals surface area contributed by atoms with Crippen LogP contribution in [0.5, 0.6) is 17.2 Å². The van der Waals surface area contributed by atoms with Gasteiger partial charge < -0.3 is 33.1 Å². The van der Waals surface area contributed by atoms with Crippen molar-refractivity contribution in [2.75, 3.05) is 46.9 Å². The Morgan fingerprint density at radius 3 is 2.28 bits per heavy atom. The van der Waals surface area contributed by atoms with E-state index in [1.54, 1.807) is 19.2 Å². The van der Waals surface area contributed by atoms with Crippen LogP contribution in [0.3, 0.4) is 0 Å². The van der Waals surface area contributed by atoms with Crippen LogP contribution in [0.1, 0.15) is 5.56 Å². The Balaban J connectivity index is 2.07. The number of anilines is 1. The summed E-state index contributed by atoms with van der Waals surface area (Å²) >= 11 is 0. The zero-order valence-corrected chi connectivity index (χ0v) is 18.7. The van der Waals surface area contributed by atoms with E-state index < -0.39 is 5.63 Å². The molecule has 168 valence electrons. The van der Waals surface area contributed by atoms with Crippen molar-refractivity contribution in [1.82, 2.24) is 0 Å². The van der Waals surface area contributed by atoms with E-state index in [9.17, 15) is 4.79 Å². The van der Waals surface area contributed by atoms with E-state index >= 15 is 0 Å². The van der Waals surface area contributed by atoms with E-state index in [-0.39, 0.29) is 0 Å². The second-order valence-electron chi connectivity index (χ2n) is 7.19. The quantitative estimate of drug-likeness (QED) is 0.315. The Bertz CT molecular complexity index is 1310. The lowest BCUT2D eigenvalue weighted by molar-refractivity contribution is 0.210. The van der Waals surface area contributed by atoms with Crippen molar-refractivity contribution in [3.8, 4) is 28.4 Å². The molecule has 0 saturated carbocycles. The maximum absolute atomic E-state index is 13.1. The van der Waals surface area contributed by atoms with Crippen molar-refractivity contribution >= 4 is 27.8 Å². The second-order valence-corrected chi connectivity index (χ2v) is 7.19. The van der Waals surface area contributed by atoms with Crippen LogP contribution in [0.2, 0.25) is 0 Å². The largest absolute Gasteiger partial charge is 0.493 e. The fourth-order valence-corrected chi connectivity index (χ4v) is 3.82. The topological polar surface area (TPSA) is 92.3 Å². The third-order valence-corrected chi connectivity index (χ3v) is 5.31. The minimum absolute atomic E-state index is 0.331. The molecule has 0 aliphatic rings. The van der Waals surface area contributed by atoms with Crippen LogP contribution in [0, 0.1) is 6.92 Å². The van der Waals surface area contributed by atoms with E-state index in [0.717, 1.165) is 5.56 Å². The summed E-state index contributed by atoms with van der Waals surface area (Å²) in [6.45, 7) is 2.83. The summed E-state index contributed by atoms with van der Waals surface area (Å²) in [6, 6.07) is 9.20. The molecule has 0 atom stereocenters. The van der Waals surface area contributed by atoms with Crippen LogP contribution in [0.25, 0.3) is 33.1 Å². The number of ether oxygens (including phenoxy) is 4. The molecule has 8 heteroatoms. The molecule has 0 unspecified atom stereocenters. The lowest BCUT2D eigenvalue weighted by Gasteiger charge is -2.14. The van der Waals surface area contributed by atoms with Gasteiger partial charge >= 0.3 is 5.63 Å². The van der Waals surface area contributed by atoms with Gasteiger partial charge in [0.2, 0.25) is 11.6 Å². The number of benzene rings is 2. The van der Waals surface area contributed by atoms with Crippen LogP contribution < -0.4 is 25.2 Å². The Morgan fingerprint density at radius 2 is 1.66 bits per heavy atom. The zero-order chi connectivity index (χ0) is 22.8. The van der Waals surface area contributed by atoms with Gasteiger partial charge in [0.25, 0.3) is 0 Å². The maximum atomic E-state index is 13.1. The fraction of sp³-hybridized carbons (Fsp3) is 0.292. The van der Waals surface area contributed by atoms with Gasteiger partial charge in [-0.2, -0.15) is 0 Å². The summed E-state index contributed by atoms with van der Waals surface area (Å²) in [7, 11) is 6.23. The monoisotopic (exact) mass is 439 g/mol. The molecule has 32 heavy (non-hydrogen) atoms. The van der Waals surface area contributed by atoms with Crippen molar-refractivity contribution in [1.29, 1.82) is 0 Å². The van der Waals surface area contributed by atoms with Gasteiger partial charge in [-0.3, -0.25) is 0 Å². The van der Waals surface area contributed by atoms with Gasteiger partial charge in [-0.15, -0.1) is 0 Å². The molecule has 0 amide bonds. The van der Waals surface area contributed by atoms with Gasteiger partial charge in [0, 0.05) is 13.7 Å². The third-order valence-electron chi connectivity index (χ3n) is 5.31. The predicted molar refractivity (Wildman–Crippen MR) is 122 cm³/mol. The zero-order valence-electron chi connectivity index (χ0n) is 18.7. The smallest absolute Gasteiger partial charge is 0.348 e. The van der Waals surface area contributed by atoms with Gasteiger partial charge in [0.1, 0.15) is 11.0 Å². The first-order chi connectivity index (χ1) is 15.5. The van der Waals surface area contributed by atoms with Crippen molar-refractivity contribution in [2.45, 2.75) is 6.92 Å². The summed E-state index contributed by atoms with van der Waals surface area (Å²) in [5, 5.41) is 4.27. The summed E-state index contributed by atoms with van der Waals surface area (Å²) in [5.74, 6) is 1.79. The lowest BCUT2D eigenvalue weighted by atomic mass is 10.0. The summed E-state index contributed by atoms with van der Waals surface area (Å²) in [5.41, 5.74) is 2.50.